The van der Waals surface area contributed by atoms with Crippen molar-refractivity contribution in [2.24, 2.45) is 0 Å². The summed E-state index contributed by atoms with van der Waals surface area (Å²) in [5.41, 5.74) is 0. The van der Waals surface area contributed by atoms with E-state index >= 15 is 0 Å². The monoisotopic (exact) mass is 248 g/mol. The van der Waals surface area contributed by atoms with Gasteiger partial charge in [0.15, 0.2) is 16.6 Å². The van der Waals surface area contributed by atoms with Gasteiger partial charge >= 0.3 is 0 Å². The lowest BCUT2D eigenvalue weighted by atomic mass is 10.3. The quantitative estimate of drug-likeness (QED) is 0.715. The molecule has 0 bridgehead atoms. The normalized spacial score (nSPS) is 28.4. The molecule has 3 nitrogen and oxygen atoms in total. The predicted molar refractivity (Wildman–Crippen MR) is 67.3 cm³/mol. The van der Waals surface area contributed by atoms with Crippen molar-refractivity contribution in [3.05, 3.63) is 0 Å². The Morgan fingerprint density at radius 2 is 1.13 bits per heavy atom. The lowest BCUT2D eigenvalue weighted by molar-refractivity contribution is 0.0813. The van der Waals surface area contributed by atoms with Crippen molar-refractivity contribution in [1.29, 1.82) is 0 Å². The molecule has 90 valence electrons. The molecule has 1 aliphatic rings. The zero-order valence-corrected chi connectivity index (χ0v) is 12.8. The Bertz CT molecular complexity index is 186. The average Bonchev–Trinajstić information content (AvgIpc) is 2.29. The summed E-state index contributed by atoms with van der Waals surface area (Å²) in [6, 6.07) is 0. The van der Waals surface area contributed by atoms with Gasteiger partial charge in [0.05, 0.1) is 25.4 Å². The Labute approximate surface area is 95.4 Å². The highest BCUT2D eigenvalue weighted by Crippen LogP contribution is 2.21. The molecule has 0 aliphatic carbocycles. The van der Waals surface area contributed by atoms with E-state index in [4.69, 9.17) is 13.6 Å². The third-order valence-electron chi connectivity index (χ3n) is 1.99. The van der Waals surface area contributed by atoms with Crippen LogP contribution in [0.2, 0.25) is 39.3 Å². The molecule has 1 rings (SSSR count). The van der Waals surface area contributed by atoms with E-state index in [-0.39, 0.29) is 12.2 Å². The van der Waals surface area contributed by atoms with Crippen molar-refractivity contribution in [2.75, 3.05) is 13.2 Å². The minimum Gasteiger partial charge on any atom is -0.410 e. The molecule has 0 spiro atoms. The molecule has 0 N–H and O–H groups in total. The number of hydrogen-bond donors (Lipinski definition) is 0. The summed E-state index contributed by atoms with van der Waals surface area (Å²) in [6.07, 6.45) is 0.312. The largest absolute Gasteiger partial charge is 0.410 e. The van der Waals surface area contributed by atoms with Gasteiger partial charge in [0.2, 0.25) is 0 Å². The van der Waals surface area contributed by atoms with Gasteiger partial charge in [0, 0.05) is 0 Å². The van der Waals surface area contributed by atoms with E-state index in [1.165, 1.54) is 0 Å². The van der Waals surface area contributed by atoms with E-state index in [1.807, 2.05) is 0 Å². The van der Waals surface area contributed by atoms with Gasteiger partial charge in [0.1, 0.15) is 0 Å². The zero-order chi connectivity index (χ0) is 11.7. The molecule has 5 heteroatoms. The lowest BCUT2D eigenvalue weighted by Crippen LogP contribution is -2.43. The van der Waals surface area contributed by atoms with Gasteiger partial charge in [-0.25, -0.2) is 0 Å². The summed E-state index contributed by atoms with van der Waals surface area (Å²) < 4.78 is 17.6. The van der Waals surface area contributed by atoms with Crippen LogP contribution in [0.4, 0.5) is 0 Å². The molecule has 0 saturated carbocycles. The summed E-state index contributed by atoms with van der Waals surface area (Å²) in [6.45, 7) is 14.6. The van der Waals surface area contributed by atoms with Crippen molar-refractivity contribution in [3.63, 3.8) is 0 Å². The van der Waals surface area contributed by atoms with Crippen molar-refractivity contribution < 1.29 is 13.6 Å². The van der Waals surface area contributed by atoms with Crippen LogP contribution < -0.4 is 0 Å². The third-order valence-corrected chi connectivity index (χ3v) is 4.01. The molecule has 2 atom stereocenters. The highest BCUT2D eigenvalue weighted by Gasteiger charge is 2.36. The van der Waals surface area contributed by atoms with Crippen LogP contribution in [0, 0.1) is 0 Å². The fourth-order valence-electron chi connectivity index (χ4n) is 1.64. The molecule has 0 amide bonds. The van der Waals surface area contributed by atoms with E-state index in [1.54, 1.807) is 0 Å². The van der Waals surface area contributed by atoms with Crippen LogP contribution in [0.5, 0.6) is 0 Å². The van der Waals surface area contributed by atoms with E-state index in [0.717, 1.165) is 0 Å². The molecule has 0 aromatic carbocycles. The Kier molecular flexibility index (Phi) is 4.16. The Balaban J connectivity index is 2.50. The van der Waals surface area contributed by atoms with Crippen molar-refractivity contribution >= 4 is 16.6 Å². The first kappa shape index (κ1) is 13.4. The maximum absolute atomic E-state index is 6.07. The Hall–Kier alpha value is 0.314. The first-order valence-corrected chi connectivity index (χ1v) is 12.4. The molecule has 0 unspecified atom stereocenters. The maximum atomic E-state index is 6.07. The van der Waals surface area contributed by atoms with E-state index in [2.05, 4.69) is 39.3 Å². The first-order chi connectivity index (χ1) is 6.67. The zero-order valence-electron chi connectivity index (χ0n) is 10.8. The van der Waals surface area contributed by atoms with Gasteiger partial charge < -0.3 is 13.6 Å². The number of hydrogen-bond acceptors (Lipinski definition) is 3. The summed E-state index contributed by atoms with van der Waals surface area (Å²) in [5, 5.41) is 0. The van der Waals surface area contributed by atoms with Crippen LogP contribution in [-0.2, 0) is 13.6 Å². The smallest absolute Gasteiger partial charge is 0.184 e. The second-order valence-corrected chi connectivity index (χ2v) is 15.0. The Morgan fingerprint density at radius 1 is 0.800 bits per heavy atom. The van der Waals surface area contributed by atoms with Crippen LogP contribution >= 0.6 is 0 Å². The molecule has 1 heterocycles. The van der Waals surface area contributed by atoms with Gasteiger partial charge in [-0.3, -0.25) is 0 Å². The minimum absolute atomic E-state index is 0.156. The topological polar surface area (TPSA) is 27.7 Å². The fourth-order valence-corrected chi connectivity index (χ4v) is 3.90. The molecule has 1 saturated heterocycles. The predicted octanol–water partition coefficient (Wildman–Crippen LogP) is 2.46. The van der Waals surface area contributed by atoms with Crippen molar-refractivity contribution in [2.45, 2.75) is 51.5 Å². The van der Waals surface area contributed by atoms with Crippen LogP contribution in [0.25, 0.3) is 0 Å². The van der Waals surface area contributed by atoms with Gasteiger partial charge in [-0.05, 0) is 39.3 Å². The summed E-state index contributed by atoms with van der Waals surface area (Å²) >= 11 is 0. The Morgan fingerprint density at radius 3 is 1.40 bits per heavy atom. The summed E-state index contributed by atoms with van der Waals surface area (Å²) in [7, 11) is -2.97. The van der Waals surface area contributed by atoms with E-state index in [0.29, 0.717) is 13.2 Å². The third kappa shape index (κ3) is 5.26. The van der Waals surface area contributed by atoms with Crippen molar-refractivity contribution in [3.8, 4) is 0 Å². The molecular weight excluding hydrogens is 224 g/mol. The van der Waals surface area contributed by atoms with E-state index < -0.39 is 16.6 Å². The molecule has 0 radical (unpaired) electrons. The van der Waals surface area contributed by atoms with Gasteiger partial charge in [-0.1, -0.05) is 0 Å². The molecule has 0 aromatic heterocycles. The van der Waals surface area contributed by atoms with Crippen LogP contribution in [0.1, 0.15) is 0 Å². The molecule has 15 heavy (non-hydrogen) atoms. The molecular formula is C10H24O3Si2. The van der Waals surface area contributed by atoms with Crippen LogP contribution in [0.15, 0.2) is 0 Å². The highest BCUT2D eigenvalue weighted by molar-refractivity contribution is 6.70. The molecule has 1 fully saturated rings. The SMILES string of the molecule is C[Si](C)(C)O[C@H]1COC[C@@H]1O[Si](C)(C)C. The van der Waals surface area contributed by atoms with Crippen LogP contribution in [-0.4, -0.2) is 42.1 Å². The minimum atomic E-state index is -1.48. The second kappa shape index (κ2) is 4.67. The average molecular weight is 248 g/mol. The van der Waals surface area contributed by atoms with Gasteiger partial charge in [-0.2, -0.15) is 0 Å². The highest BCUT2D eigenvalue weighted by atomic mass is 28.4. The van der Waals surface area contributed by atoms with Gasteiger partial charge in [0.25, 0.3) is 0 Å². The number of rotatable bonds is 4. The first-order valence-electron chi connectivity index (χ1n) is 5.61. The lowest BCUT2D eigenvalue weighted by Gasteiger charge is -2.30. The number of ether oxygens (including phenoxy) is 1. The molecule has 1 aliphatic heterocycles. The second-order valence-electron chi connectivity index (χ2n) is 6.07. The standard InChI is InChI=1S/C10H24O3Si2/c1-14(2,3)12-9-7-11-8-10(9)13-15(4,5)6/h9-10H,7-8H2,1-6H3/t9-,10-/m0/s1. The maximum Gasteiger partial charge on any atom is 0.184 e. The fraction of sp³-hybridized carbons (Fsp3) is 1.00. The summed E-state index contributed by atoms with van der Waals surface area (Å²) in [5.74, 6) is 0. The van der Waals surface area contributed by atoms with Crippen molar-refractivity contribution in [1.82, 2.24) is 0 Å². The van der Waals surface area contributed by atoms with Gasteiger partial charge in [-0.15, -0.1) is 0 Å². The molecule has 0 aromatic rings. The van der Waals surface area contributed by atoms with Crippen LogP contribution in [0.3, 0.4) is 0 Å². The van der Waals surface area contributed by atoms with E-state index in [9.17, 15) is 0 Å². The summed E-state index contributed by atoms with van der Waals surface area (Å²) in [4.78, 5) is 0.